The smallest absolute Gasteiger partial charge is 0.364 e. The Hall–Kier alpha value is -4.37. The van der Waals surface area contributed by atoms with Crippen molar-refractivity contribution in [1.82, 2.24) is 21.3 Å². The predicted molar refractivity (Wildman–Crippen MR) is 450 cm³/mol. The normalized spacial score (nSPS) is 34.7. The van der Waals surface area contributed by atoms with E-state index in [9.17, 15) is 121 Å². The molecule has 33 atom stereocenters. The minimum Gasteiger partial charge on any atom is -0.477 e. The lowest BCUT2D eigenvalue weighted by atomic mass is 9.88. The molecule has 6 fully saturated rings. The van der Waals surface area contributed by atoms with Gasteiger partial charge in [0, 0.05) is 33.6 Å². The van der Waals surface area contributed by atoms with Gasteiger partial charge in [0.25, 0.3) is 5.79 Å². The van der Waals surface area contributed by atoms with Gasteiger partial charge < -0.3 is 175 Å². The van der Waals surface area contributed by atoms with Crippen molar-refractivity contribution in [3.63, 3.8) is 0 Å². The summed E-state index contributed by atoms with van der Waals surface area (Å²) < 4.78 is 72.7. The third-order valence-corrected chi connectivity index (χ3v) is 24.3. The molecule has 40 nitrogen and oxygen atoms in total. The van der Waals surface area contributed by atoms with Crippen LogP contribution in [0.3, 0.4) is 0 Å². The third kappa shape index (κ3) is 34.8. The van der Waals surface area contributed by atoms with Gasteiger partial charge >= 0.3 is 5.97 Å². The molecule has 0 radical (unpaired) electrons. The van der Waals surface area contributed by atoms with Gasteiger partial charge in [0.05, 0.1) is 70.5 Å². The quantitative estimate of drug-likeness (QED) is 0.0258. The molecule has 23 N–H and O–H groups in total. The van der Waals surface area contributed by atoms with Crippen LogP contribution in [0.1, 0.15) is 247 Å². The Morgan fingerprint density at radius 1 is 0.409 bits per heavy atom. The number of allylic oxidation sites excluding steroid dienone is 3. The Morgan fingerprint density at radius 3 is 1.29 bits per heavy atom. The highest BCUT2D eigenvalue weighted by Crippen LogP contribution is 2.42. The molecule has 0 bridgehead atoms. The van der Waals surface area contributed by atoms with Crippen LogP contribution >= 0.6 is 0 Å². The molecule has 0 aromatic heterocycles. The fourth-order valence-electron chi connectivity index (χ4n) is 17.0. The van der Waals surface area contributed by atoms with Gasteiger partial charge in [0.2, 0.25) is 23.6 Å². The number of amides is 4. The van der Waals surface area contributed by atoms with E-state index in [2.05, 4.69) is 47.3 Å². The van der Waals surface area contributed by atoms with Gasteiger partial charge in [0.1, 0.15) is 140 Å². The van der Waals surface area contributed by atoms with E-state index in [1.165, 1.54) is 115 Å². The Kier molecular flexibility index (Phi) is 52.1. The number of aliphatic carboxylic acids is 1. The summed E-state index contributed by atoms with van der Waals surface area (Å²) in [4.78, 5) is 66.2. The van der Waals surface area contributed by atoms with Crippen molar-refractivity contribution in [3.8, 4) is 0 Å². The van der Waals surface area contributed by atoms with Crippen molar-refractivity contribution in [2.24, 2.45) is 0 Å². The van der Waals surface area contributed by atoms with Crippen molar-refractivity contribution in [2.75, 3.05) is 46.2 Å². The molecule has 12 unspecified atom stereocenters. The first kappa shape index (κ1) is 111. The molecule has 0 aromatic carbocycles. The minimum absolute atomic E-state index is 0.108. The van der Waals surface area contributed by atoms with Gasteiger partial charge in [-0.25, -0.2) is 4.79 Å². The van der Waals surface area contributed by atoms with E-state index in [-0.39, 0.29) is 6.42 Å². The lowest BCUT2D eigenvalue weighted by Gasteiger charge is -2.53. The second-order valence-corrected chi connectivity index (χ2v) is 34.6. The van der Waals surface area contributed by atoms with Crippen molar-refractivity contribution in [2.45, 2.75) is 448 Å². The highest BCUT2D eigenvalue weighted by molar-refractivity contribution is 5.77. The highest BCUT2D eigenvalue weighted by atomic mass is 16.8. The van der Waals surface area contributed by atoms with E-state index >= 15 is 0 Å². The predicted octanol–water partition coefficient (Wildman–Crippen LogP) is -0.958. The van der Waals surface area contributed by atoms with Gasteiger partial charge in [-0.1, -0.05) is 192 Å². The molecule has 4 amide bonds. The van der Waals surface area contributed by atoms with Crippen LogP contribution in [-0.4, -0.2) is 375 Å². The van der Waals surface area contributed by atoms with Crippen LogP contribution in [-0.2, 0) is 80.8 Å². The van der Waals surface area contributed by atoms with Gasteiger partial charge in [-0.15, -0.1) is 0 Å². The molecule has 6 aliphatic heterocycles. The van der Waals surface area contributed by atoms with Gasteiger partial charge in [0.15, 0.2) is 31.5 Å². The van der Waals surface area contributed by atoms with Gasteiger partial charge in [-0.05, 0) is 44.9 Å². The molecule has 6 rings (SSSR count). The average molecular weight is 1830 g/mol. The largest absolute Gasteiger partial charge is 0.477 e. The summed E-state index contributed by atoms with van der Waals surface area (Å²) in [5, 5.41) is 225. The van der Waals surface area contributed by atoms with E-state index in [0.29, 0.717) is 12.8 Å². The molecule has 0 aliphatic carbocycles. The molecule has 6 aliphatic rings. The van der Waals surface area contributed by atoms with Gasteiger partial charge in [-0.2, -0.15) is 0 Å². The fraction of sp³-hybridized carbons (Fsp3) is 0.897. The maximum Gasteiger partial charge on any atom is 0.364 e. The number of hydrogen-bond donors (Lipinski definition) is 23. The van der Waals surface area contributed by atoms with Crippen LogP contribution in [0.25, 0.3) is 0 Å². The van der Waals surface area contributed by atoms with E-state index in [1.807, 2.05) is 0 Å². The van der Waals surface area contributed by atoms with Gasteiger partial charge in [-0.3, -0.25) is 19.2 Å². The number of carboxylic acids is 1. The molecule has 738 valence electrons. The first-order valence-corrected chi connectivity index (χ1v) is 46.2. The van der Waals surface area contributed by atoms with Crippen molar-refractivity contribution in [3.05, 3.63) is 24.3 Å². The van der Waals surface area contributed by atoms with Crippen molar-refractivity contribution < 1.29 is 178 Å². The standard InChI is InChI=1S/C87H154N4O36/c1-6-8-10-12-14-16-18-20-21-22-23-24-25-26-27-29-31-33-35-37-39-41-62(104)91-53(54(101)40-38-36-34-32-30-28-19-17-15-13-11-9-7-2)49-116-83-72(111)71(110)75(60(47-96)120-83)122-85-74(113)80(127-87(86(114)115)42-55(102)63(88-50(3)98)78(126-87)66(105)56(103)43-92)76(61(48-97)121-85)123-82-65(90-52(5)100)77(68(107)58(45-94)118-82)124-84-73(112)79(69(108)59(46-95)119-84)125-81-64(89-51(4)99)70(109)67(106)57(44-93)117-81/h20-21,38,40,53-61,63-85,92-97,101-103,105-113H,6-19,22-37,39,41-49H2,1-5H3,(H,88,98)(H,89,99)(H,90,100)(H,91,104)(H,114,115)/b21-20-,40-38+/t53-,54+,55?,56+,57?,58?,59?,60?,61?,63+,64?,65?,66+,67+,68-,69-,70+,71+,72?,73?,74?,75+,76-,77+,78?,79-,80+,81-,82-,83+,84-,85-,87-/m0/s1. The third-order valence-electron chi connectivity index (χ3n) is 24.3. The molecule has 40 heteroatoms. The maximum atomic E-state index is 14.0. The summed E-state index contributed by atoms with van der Waals surface area (Å²) in [6, 6.07) is -6.71. The lowest BCUT2D eigenvalue weighted by Crippen LogP contribution is -2.72. The van der Waals surface area contributed by atoms with Crippen molar-refractivity contribution in [1.29, 1.82) is 0 Å². The molecule has 0 aromatic rings. The number of carbonyl (C=O) groups is 5. The Labute approximate surface area is 744 Å². The van der Waals surface area contributed by atoms with E-state index in [4.69, 9.17) is 56.8 Å². The molecule has 0 saturated carbocycles. The summed E-state index contributed by atoms with van der Waals surface area (Å²) in [6.07, 6.45) is -17.4. The lowest BCUT2D eigenvalue weighted by molar-refractivity contribution is -0.404. The first-order chi connectivity index (χ1) is 60.9. The molecule has 0 spiro atoms. The van der Waals surface area contributed by atoms with Crippen LogP contribution in [0, 0.1) is 0 Å². The summed E-state index contributed by atoms with van der Waals surface area (Å²) >= 11 is 0. The van der Waals surface area contributed by atoms with E-state index in [1.54, 1.807) is 6.08 Å². The number of carbonyl (C=O) groups excluding carboxylic acids is 4. The zero-order valence-electron chi connectivity index (χ0n) is 74.5. The van der Waals surface area contributed by atoms with Crippen LogP contribution in [0.2, 0.25) is 0 Å². The van der Waals surface area contributed by atoms with Crippen LogP contribution < -0.4 is 21.3 Å². The summed E-state index contributed by atoms with van der Waals surface area (Å²) in [5.74, 6) is -8.76. The molecule has 6 heterocycles. The van der Waals surface area contributed by atoms with Crippen LogP contribution in [0.5, 0.6) is 0 Å². The zero-order chi connectivity index (χ0) is 93.3. The summed E-state index contributed by atoms with van der Waals surface area (Å²) in [5.41, 5.74) is 0. The zero-order valence-corrected chi connectivity index (χ0v) is 74.5. The maximum absolute atomic E-state index is 14.0. The second kappa shape index (κ2) is 59.4. The summed E-state index contributed by atoms with van der Waals surface area (Å²) in [7, 11) is 0. The molecule has 127 heavy (non-hydrogen) atoms. The van der Waals surface area contributed by atoms with E-state index in [0.717, 1.165) is 97.8 Å². The average Bonchev–Trinajstić information content (AvgIpc) is 0.750. The Bertz CT molecular complexity index is 3120. The number of unbranched alkanes of at least 4 members (excludes halogenated alkanes) is 28. The fourth-order valence-corrected chi connectivity index (χ4v) is 17.0. The minimum atomic E-state index is -3.45. The molecular weight excluding hydrogens is 1680 g/mol. The van der Waals surface area contributed by atoms with Crippen LogP contribution in [0.4, 0.5) is 0 Å². The Balaban J connectivity index is 1.23. The van der Waals surface area contributed by atoms with Crippen LogP contribution in [0.15, 0.2) is 24.3 Å². The number of rotatable bonds is 61. The Morgan fingerprint density at radius 2 is 0.803 bits per heavy atom. The van der Waals surface area contributed by atoms with E-state index < -0.39 is 284 Å². The highest BCUT2D eigenvalue weighted by Gasteiger charge is 2.63. The number of ether oxygens (including phenoxy) is 12. The SMILES string of the molecule is CCCCCCCC/C=C\CCCCCCCCCCCCCC(=O)N[C@@H](CO[C@@H]1OC(CO)[C@@H](O[C@@H]2OC(CO)[C@H](O[C@@H]3OC(CO)[C@H](O)[C@H](O[C@@H]4OC(CO)[C@H](O)[C@H](O[C@@H]5OC(CO)[C@@H](O)[C@H](O)C5NC(C)=O)C4O)C3NC(C)=O)[C@H](O[C@]3(C(=O)O)CC(O)[C@@H](NC(C)=O)C([C@H](O)[C@H](O)CO)O3)C2O)[C@H](O)C1O)[C@H](O)/C=C/CCCCCCCCCCCCC. The number of nitrogens with one attached hydrogen (secondary N) is 4. The first-order valence-electron chi connectivity index (χ1n) is 46.2. The number of carboxylic acid groups (broad SMARTS) is 1. The number of hydrogen-bond acceptors (Lipinski definition) is 35. The second-order valence-electron chi connectivity index (χ2n) is 34.6. The molecular formula is C87H154N4O36. The summed E-state index contributed by atoms with van der Waals surface area (Å²) in [6.45, 7) is -0.0600. The van der Waals surface area contributed by atoms with Crippen molar-refractivity contribution >= 4 is 29.6 Å². The molecule has 6 saturated heterocycles. The monoisotopic (exact) mass is 1830 g/mol. The topological polar surface area (TPSA) is 629 Å². The number of aliphatic hydroxyl groups excluding tert-OH is 18. The number of aliphatic hydroxyl groups is 18.